The molecule has 2 aliphatic rings. The molecule has 1 aromatic carbocycles. The van der Waals surface area contributed by atoms with Crippen LogP contribution < -0.4 is 10.1 Å². The van der Waals surface area contributed by atoms with Gasteiger partial charge in [0.05, 0.1) is 18.9 Å². The minimum Gasteiger partial charge on any atom is -0.493 e. The number of fused-ring (bicyclic) bond motifs is 1. The lowest BCUT2D eigenvalue weighted by Crippen LogP contribution is -2.52. The third-order valence-electron chi connectivity index (χ3n) is 4.46. The second-order valence-corrected chi connectivity index (χ2v) is 8.06. The van der Waals surface area contributed by atoms with Crippen molar-refractivity contribution in [2.45, 2.75) is 37.8 Å². The fourth-order valence-electron chi connectivity index (χ4n) is 3.32. The Bertz CT molecular complexity index is 689. The van der Waals surface area contributed by atoms with E-state index >= 15 is 0 Å². The second kappa shape index (κ2) is 6.49. The average molecular weight is 338 g/mol. The normalized spacial score (nSPS) is 25.3. The van der Waals surface area contributed by atoms with Crippen molar-refractivity contribution in [1.29, 1.82) is 0 Å². The first-order valence-electron chi connectivity index (χ1n) is 7.96. The van der Waals surface area contributed by atoms with Crippen LogP contribution >= 0.6 is 0 Å². The van der Waals surface area contributed by atoms with Crippen molar-refractivity contribution < 1.29 is 17.9 Å². The predicted molar refractivity (Wildman–Crippen MR) is 86.6 cm³/mol. The third-order valence-corrected chi connectivity index (χ3v) is 5.75. The van der Waals surface area contributed by atoms with E-state index in [4.69, 9.17) is 4.74 Å². The summed E-state index contributed by atoms with van der Waals surface area (Å²) in [5, 5.41) is 3.02. The highest BCUT2D eigenvalue weighted by molar-refractivity contribution is 7.88. The molecule has 6 nitrogen and oxygen atoms in total. The van der Waals surface area contributed by atoms with Crippen molar-refractivity contribution >= 4 is 15.9 Å². The quantitative estimate of drug-likeness (QED) is 0.905. The van der Waals surface area contributed by atoms with Gasteiger partial charge in [0.2, 0.25) is 15.9 Å². The Morgan fingerprint density at radius 1 is 1.26 bits per heavy atom. The van der Waals surface area contributed by atoms with Crippen molar-refractivity contribution in [3.63, 3.8) is 0 Å². The van der Waals surface area contributed by atoms with Crippen molar-refractivity contribution in [2.75, 3.05) is 19.4 Å². The maximum Gasteiger partial charge on any atom is 0.238 e. The summed E-state index contributed by atoms with van der Waals surface area (Å²) in [7, 11) is -3.37. The fourth-order valence-corrected chi connectivity index (χ4v) is 4.45. The molecule has 0 radical (unpaired) electrons. The molecule has 0 unspecified atom stereocenters. The summed E-state index contributed by atoms with van der Waals surface area (Å²) in [6.45, 7) is 0.962. The predicted octanol–water partition coefficient (Wildman–Crippen LogP) is 1.44. The number of sulfonamides is 1. The average Bonchev–Trinajstić information content (AvgIpc) is 2.54. The van der Waals surface area contributed by atoms with Crippen LogP contribution in [0.25, 0.3) is 0 Å². The standard InChI is InChI=1S/C16H22N2O4S/c1-23(20,21)18-10-5-4-7-14(18)16(19)17-13-9-11-22-15-8-3-2-6-12(13)15/h2-3,6,8,13-14H,4-5,7,9-11H2,1H3,(H,17,19)/t13-,14-/m0/s1. The molecule has 0 aliphatic carbocycles. The molecule has 1 fully saturated rings. The third kappa shape index (κ3) is 3.50. The van der Waals surface area contributed by atoms with Gasteiger partial charge in [-0.3, -0.25) is 4.79 Å². The van der Waals surface area contributed by atoms with Gasteiger partial charge in [-0.25, -0.2) is 8.42 Å². The summed E-state index contributed by atoms with van der Waals surface area (Å²) in [6.07, 6.45) is 4.10. The Hall–Kier alpha value is -1.60. The van der Waals surface area contributed by atoms with Crippen LogP contribution in [0.2, 0.25) is 0 Å². The monoisotopic (exact) mass is 338 g/mol. The van der Waals surface area contributed by atoms with Crippen molar-refractivity contribution in [1.82, 2.24) is 9.62 Å². The zero-order valence-electron chi connectivity index (χ0n) is 13.2. The van der Waals surface area contributed by atoms with Gasteiger partial charge in [-0.15, -0.1) is 0 Å². The summed E-state index contributed by atoms with van der Waals surface area (Å²) in [4.78, 5) is 12.7. The zero-order valence-corrected chi connectivity index (χ0v) is 14.0. The molecule has 2 heterocycles. The van der Waals surface area contributed by atoms with Crippen LogP contribution in [0, 0.1) is 0 Å². The number of hydrogen-bond acceptors (Lipinski definition) is 4. The van der Waals surface area contributed by atoms with E-state index in [9.17, 15) is 13.2 Å². The molecular weight excluding hydrogens is 316 g/mol. The first kappa shape index (κ1) is 16.3. The van der Waals surface area contributed by atoms with Crippen LogP contribution in [-0.2, 0) is 14.8 Å². The van der Waals surface area contributed by atoms with Crippen LogP contribution in [0.1, 0.15) is 37.3 Å². The maximum absolute atomic E-state index is 12.7. The minimum absolute atomic E-state index is 0.129. The van der Waals surface area contributed by atoms with Crippen molar-refractivity contribution in [3.05, 3.63) is 29.8 Å². The van der Waals surface area contributed by atoms with E-state index in [1.54, 1.807) is 0 Å². The molecule has 0 bridgehead atoms. The Kier molecular flexibility index (Phi) is 4.59. The Morgan fingerprint density at radius 2 is 2.04 bits per heavy atom. The Morgan fingerprint density at radius 3 is 2.83 bits per heavy atom. The molecule has 2 aliphatic heterocycles. The van der Waals surface area contributed by atoms with E-state index in [-0.39, 0.29) is 11.9 Å². The van der Waals surface area contributed by atoms with Gasteiger partial charge in [0.15, 0.2) is 0 Å². The van der Waals surface area contributed by atoms with E-state index in [0.29, 0.717) is 26.0 Å². The largest absolute Gasteiger partial charge is 0.493 e. The summed E-state index contributed by atoms with van der Waals surface area (Å²) >= 11 is 0. The molecule has 3 rings (SSSR count). The zero-order chi connectivity index (χ0) is 16.4. The van der Waals surface area contributed by atoms with Crippen LogP contribution in [0.5, 0.6) is 5.75 Å². The number of carbonyl (C=O) groups excluding carboxylic acids is 1. The Balaban J connectivity index is 1.76. The molecule has 0 aromatic heterocycles. The molecule has 2 atom stereocenters. The van der Waals surface area contributed by atoms with Gasteiger partial charge in [-0.2, -0.15) is 4.31 Å². The maximum atomic E-state index is 12.7. The van der Waals surface area contributed by atoms with Gasteiger partial charge >= 0.3 is 0 Å². The molecule has 1 amide bonds. The van der Waals surface area contributed by atoms with Crippen LogP contribution in [0.3, 0.4) is 0 Å². The van der Waals surface area contributed by atoms with Gasteiger partial charge in [-0.05, 0) is 18.9 Å². The van der Waals surface area contributed by atoms with Crippen molar-refractivity contribution in [3.8, 4) is 5.75 Å². The smallest absolute Gasteiger partial charge is 0.238 e. The summed E-state index contributed by atoms with van der Waals surface area (Å²) in [5.41, 5.74) is 0.953. The van der Waals surface area contributed by atoms with Crippen molar-refractivity contribution in [2.24, 2.45) is 0 Å². The number of nitrogens with zero attached hydrogens (tertiary/aromatic N) is 1. The SMILES string of the molecule is CS(=O)(=O)N1CCCC[C@H]1C(=O)N[C@H]1CCOc2ccccc21. The number of nitrogens with one attached hydrogen (secondary N) is 1. The molecule has 0 spiro atoms. The molecule has 0 saturated carbocycles. The van der Waals surface area contributed by atoms with E-state index in [0.717, 1.165) is 24.2 Å². The first-order chi connectivity index (χ1) is 11.0. The minimum atomic E-state index is -3.37. The molecule has 23 heavy (non-hydrogen) atoms. The first-order valence-corrected chi connectivity index (χ1v) is 9.80. The second-order valence-electron chi connectivity index (χ2n) is 6.12. The highest BCUT2D eigenvalue weighted by atomic mass is 32.2. The summed E-state index contributed by atoms with van der Waals surface area (Å²) < 4.78 is 30.8. The number of hydrogen-bond donors (Lipinski definition) is 1. The summed E-state index contributed by atoms with van der Waals surface area (Å²) in [5.74, 6) is 0.574. The van der Waals surface area contributed by atoms with Crippen LogP contribution in [0.15, 0.2) is 24.3 Å². The van der Waals surface area contributed by atoms with Gasteiger partial charge in [-0.1, -0.05) is 24.6 Å². The number of rotatable bonds is 3. The molecule has 7 heteroatoms. The lowest BCUT2D eigenvalue weighted by Gasteiger charge is -2.34. The summed E-state index contributed by atoms with van der Waals surface area (Å²) in [6, 6.07) is 6.90. The number of para-hydroxylation sites is 1. The molecule has 1 N–H and O–H groups in total. The number of ether oxygens (including phenoxy) is 1. The van der Waals surface area contributed by atoms with Gasteiger partial charge in [0.1, 0.15) is 11.8 Å². The van der Waals surface area contributed by atoms with Gasteiger partial charge in [0, 0.05) is 18.5 Å². The number of piperidine rings is 1. The fraction of sp³-hybridized carbons (Fsp3) is 0.562. The van der Waals surface area contributed by atoms with Gasteiger partial charge in [0.25, 0.3) is 0 Å². The molecule has 126 valence electrons. The lowest BCUT2D eigenvalue weighted by atomic mass is 9.99. The number of carbonyl (C=O) groups is 1. The molecular formula is C16H22N2O4S. The van der Waals surface area contributed by atoms with Crippen LogP contribution in [0.4, 0.5) is 0 Å². The van der Waals surface area contributed by atoms with Crippen LogP contribution in [-0.4, -0.2) is 44.1 Å². The molecule has 1 aromatic rings. The number of amides is 1. The van der Waals surface area contributed by atoms with E-state index in [2.05, 4.69) is 5.32 Å². The van der Waals surface area contributed by atoms with E-state index in [1.165, 1.54) is 10.6 Å². The van der Waals surface area contributed by atoms with E-state index in [1.807, 2.05) is 24.3 Å². The van der Waals surface area contributed by atoms with Gasteiger partial charge < -0.3 is 10.1 Å². The highest BCUT2D eigenvalue weighted by Gasteiger charge is 2.36. The highest BCUT2D eigenvalue weighted by Crippen LogP contribution is 2.32. The molecule has 1 saturated heterocycles. The van der Waals surface area contributed by atoms with E-state index < -0.39 is 16.1 Å². The number of benzene rings is 1. The Labute approximate surface area is 136 Å². The lowest BCUT2D eigenvalue weighted by molar-refractivity contribution is -0.126. The topological polar surface area (TPSA) is 75.7 Å².